The maximum atomic E-state index is 13.0. The highest BCUT2D eigenvalue weighted by molar-refractivity contribution is 7.89. The van der Waals surface area contributed by atoms with Crippen LogP contribution in [0.2, 0.25) is 0 Å². The molecule has 1 aliphatic rings. The number of sulfonamides is 1. The molecule has 0 spiro atoms. The van der Waals surface area contributed by atoms with E-state index in [0.717, 1.165) is 17.9 Å². The molecule has 3 rings (SSSR count). The highest BCUT2D eigenvalue weighted by atomic mass is 32.2. The summed E-state index contributed by atoms with van der Waals surface area (Å²) in [7, 11) is -1.79. The third-order valence-electron chi connectivity index (χ3n) is 5.38. The number of ether oxygens (including phenoxy) is 1. The van der Waals surface area contributed by atoms with Gasteiger partial charge in [0.2, 0.25) is 10.0 Å². The maximum absolute atomic E-state index is 13.0. The number of hydrogen-bond donors (Lipinski definition) is 0. The van der Waals surface area contributed by atoms with Crippen LogP contribution >= 0.6 is 0 Å². The SMILES string of the molecule is CC[C@@H](C)c1ccc(S(=O)(=O)N2CCN(c3ccc(OC)cc3)CC2)cc1. The van der Waals surface area contributed by atoms with Crippen molar-refractivity contribution >= 4 is 15.7 Å². The summed E-state index contributed by atoms with van der Waals surface area (Å²) >= 11 is 0. The number of hydrogen-bond acceptors (Lipinski definition) is 4. The second kappa shape index (κ2) is 8.31. The number of nitrogens with zero attached hydrogens (tertiary/aromatic N) is 2. The third-order valence-corrected chi connectivity index (χ3v) is 7.29. The summed E-state index contributed by atoms with van der Waals surface area (Å²) in [5, 5.41) is 0. The van der Waals surface area contributed by atoms with Crippen LogP contribution in [0, 0.1) is 0 Å². The molecule has 1 fully saturated rings. The molecular formula is C21H28N2O3S. The van der Waals surface area contributed by atoms with Gasteiger partial charge in [0.15, 0.2) is 0 Å². The van der Waals surface area contributed by atoms with Crippen LogP contribution in [-0.4, -0.2) is 46.0 Å². The van der Waals surface area contributed by atoms with E-state index in [1.807, 2.05) is 36.4 Å². The van der Waals surface area contributed by atoms with Gasteiger partial charge in [-0.3, -0.25) is 0 Å². The molecule has 2 aromatic carbocycles. The number of rotatable bonds is 6. The Morgan fingerprint density at radius 2 is 1.56 bits per heavy atom. The van der Waals surface area contributed by atoms with Gasteiger partial charge in [0.1, 0.15) is 5.75 Å². The van der Waals surface area contributed by atoms with Gasteiger partial charge in [0.25, 0.3) is 0 Å². The van der Waals surface area contributed by atoms with Gasteiger partial charge < -0.3 is 9.64 Å². The average molecular weight is 389 g/mol. The van der Waals surface area contributed by atoms with Crippen molar-refractivity contribution in [3.8, 4) is 5.75 Å². The van der Waals surface area contributed by atoms with E-state index in [1.165, 1.54) is 5.56 Å². The quantitative estimate of drug-likeness (QED) is 0.757. The molecule has 1 aliphatic heterocycles. The number of methoxy groups -OCH3 is 1. The van der Waals surface area contributed by atoms with Crippen molar-refractivity contribution in [1.29, 1.82) is 0 Å². The predicted octanol–water partition coefficient (Wildman–Crippen LogP) is 3.72. The van der Waals surface area contributed by atoms with Crippen LogP contribution in [0.4, 0.5) is 5.69 Å². The lowest BCUT2D eigenvalue weighted by Gasteiger charge is -2.35. The summed E-state index contributed by atoms with van der Waals surface area (Å²) in [6.45, 7) is 6.62. The van der Waals surface area contributed by atoms with Crippen molar-refractivity contribution in [2.75, 3.05) is 38.2 Å². The van der Waals surface area contributed by atoms with Crippen LogP contribution in [-0.2, 0) is 10.0 Å². The molecule has 0 N–H and O–H groups in total. The van der Waals surface area contributed by atoms with Gasteiger partial charge >= 0.3 is 0 Å². The first-order chi connectivity index (χ1) is 13.0. The van der Waals surface area contributed by atoms with E-state index in [4.69, 9.17) is 4.74 Å². The van der Waals surface area contributed by atoms with Crippen LogP contribution in [0.5, 0.6) is 5.75 Å². The van der Waals surface area contributed by atoms with Crippen molar-refractivity contribution in [1.82, 2.24) is 4.31 Å². The smallest absolute Gasteiger partial charge is 0.243 e. The fourth-order valence-electron chi connectivity index (χ4n) is 3.33. The largest absolute Gasteiger partial charge is 0.497 e. The van der Waals surface area contributed by atoms with Gasteiger partial charge in [0.05, 0.1) is 12.0 Å². The Labute approximate surface area is 162 Å². The second-order valence-electron chi connectivity index (χ2n) is 6.97. The van der Waals surface area contributed by atoms with E-state index in [2.05, 4.69) is 18.7 Å². The Morgan fingerprint density at radius 3 is 2.07 bits per heavy atom. The van der Waals surface area contributed by atoms with Gasteiger partial charge in [-0.1, -0.05) is 26.0 Å². The Kier molecular flexibility index (Phi) is 6.07. The van der Waals surface area contributed by atoms with Crippen LogP contribution < -0.4 is 9.64 Å². The Hall–Kier alpha value is -2.05. The fraction of sp³-hybridized carbons (Fsp3) is 0.429. The van der Waals surface area contributed by atoms with Crippen molar-refractivity contribution in [2.45, 2.75) is 31.1 Å². The van der Waals surface area contributed by atoms with E-state index in [1.54, 1.807) is 23.5 Å². The van der Waals surface area contributed by atoms with Gasteiger partial charge in [-0.15, -0.1) is 0 Å². The van der Waals surface area contributed by atoms with Gasteiger partial charge in [0, 0.05) is 31.9 Å². The molecule has 6 heteroatoms. The molecular weight excluding hydrogens is 360 g/mol. The second-order valence-corrected chi connectivity index (χ2v) is 8.91. The molecule has 0 unspecified atom stereocenters. The highest BCUT2D eigenvalue weighted by Gasteiger charge is 2.28. The first kappa shape index (κ1) is 19.7. The molecule has 5 nitrogen and oxygen atoms in total. The number of piperazine rings is 1. The minimum absolute atomic E-state index is 0.382. The number of anilines is 1. The minimum atomic E-state index is -3.44. The molecule has 1 saturated heterocycles. The molecule has 1 heterocycles. The summed E-state index contributed by atoms with van der Waals surface area (Å²) in [5.74, 6) is 1.26. The molecule has 0 radical (unpaired) electrons. The first-order valence-electron chi connectivity index (χ1n) is 9.45. The van der Waals surface area contributed by atoms with Gasteiger partial charge in [-0.25, -0.2) is 8.42 Å². The molecule has 0 amide bonds. The molecule has 146 valence electrons. The summed E-state index contributed by atoms with van der Waals surface area (Å²) in [6.07, 6.45) is 1.04. The zero-order chi connectivity index (χ0) is 19.4. The van der Waals surface area contributed by atoms with Crippen LogP contribution in [0.3, 0.4) is 0 Å². The Balaban J connectivity index is 1.67. The molecule has 0 aromatic heterocycles. The third kappa shape index (κ3) is 4.28. The maximum Gasteiger partial charge on any atom is 0.243 e. The van der Waals surface area contributed by atoms with Crippen LogP contribution in [0.1, 0.15) is 31.7 Å². The first-order valence-corrected chi connectivity index (χ1v) is 10.9. The van der Waals surface area contributed by atoms with Gasteiger partial charge in [-0.2, -0.15) is 4.31 Å². The monoisotopic (exact) mass is 388 g/mol. The molecule has 0 bridgehead atoms. The fourth-order valence-corrected chi connectivity index (χ4v) is 4.75. The molecule has 0 saturated carbocycles. The summed E-state index contributed by atoms with van der Waals surface area (Å²) in [6, 6.07) is 15.2. The minimum Gasteiger partial charge on any atom is -0.497 e. The van der Waals surface area contributed by atoms with Crippen molar-refractivity contribution < 1.29 is 13.2 Å². The standard InChI is InChI=1S/C21H28N2O3S/c1-4-17(2)18-5-11-21(12-6-18)27(24,25)23-15-13-22(14-16-23)19-7-9-20(26-3)10-8-19/h5-12,17H,4,13-16H2,1-3H3/t17-/m1/s1. The van der Waals surface area contributed by atoms with E-state index in [0.29, 0.717) is 37.0 Å². The summed E-state index contributed by atoms with van der Waals surface area (Å²) < 4.78 is 32.7. The Bertz CT molecular complexity index is 840. The molecule has 0 aliphatic carbocycles. The average Bonchev–Trinajstić information content (AvgIpc) is 2.73. The number of benzene rings is 2. The van der Waals surface area contributed by atoms with Crippen LogP contribution in [0.25, 0.3) is 0 Å². The summed E-state index contributed by atoms with van der Waals surface area (Å²) in [5.41, 5.74) is 2.27. The van der Waals surface area contributed by atoms with E-state index < -0.39 is 10.0 Å². The van der Waals surface area contributed by atoms with Gasteiger partial charge in [-0.05, 0) is 54.3 Å². The normalized spacial score (nSPS) is 16.9. The lowest BCUT2D eigenvalue weighted by atomic mass is 9.99. The van der Waals surface area contributed by atoms with Crippen molar-refractivity contribution in [3.05, 3.63) is 54.1 Å². The predicted molar refractivity (Wildman–Crippen MR) is 109 cm³/mol. The van der Waals surface area contributed by atoms with Crippen LogP contribution in [0.15, 0.2) is 53.4 Å². The van der Waals surface area contributed by atoms with E-state index >= 15 is 0 Å². The van der Waals surface area contributed by atoms with Crippen molar-refractivity contribution in [3.63, 3.8) is 0 Å². The summed E-state index contributed by atoms with van der Waals surface area (Å²) in [4.78, 5) is 2.59. The topological polar surface area (TPSA) is 49.9 Å². The molecule has 27 heavy (non-hydrogen) atoms. The highest BCUT2D eigenvalue weighted by Crippen LogP contribution is 2.25. The van der Waals surface area contributed by atoms with Crippen molar-refractivity contribution in [2.24, 2.45) is 0 Å². The molecule has 2 aromatic rings. The Morgan fingerprint density at radius 1 is 0.963 bits per heavy atom. The van der Waals surface area contributed by atoms with E-state index in [9.17, 15) is 8.42 Å². The zero-order valence-corrected chi connectivity index (χ0v) is 17.1. The molecule has 1 atom stereocenters. The lowest BCUT2D eigenvalue weighted by Crippen LogP contribution is -2.48. The van der Waals surface area contributed by atoms with E-state index in [-0.39, 0.29) is 0 Å². The zero-order valence-electron chi connectivity index (χ0n) is 16.3. The lowest BCUT2D eigenvalue weighted by molar-refractivity contribution is 0.384.